The van der Waals surface area contributed by atoms with Crippen LogP contribution < -0.4 is 15.4 Å². The van der Waals surface area contributed by atoms with Gasteiger partial charge in [0.05, 0.1) is 6.61 Å². The maximum atomic E-state index is 12.3. The molecule has 1 amide bonds. The number of nitrogens with one attached hydrogen (secondary N) is 2. The van der Waals surface area contributed by atoms with E-state index < -0.39 is 0 Å². The second-order valence-electron chi connectivity index (χ2n) is 6.33. The van der Waals surface area contributed by atoms with Crippen LogP contribution >= 0.6 is 12.2 Å². The average Bonchev–Trinajstić information content (AvgIpc) is 2.57. The monoisotopic (exact) mass is 356 g/mol. The van der Waals surface area contributed by atoms with Crippen LogP contribution in [0, 0.1) is 12.8 Å². The molecule has 0 heterocycles. The van der Waals surface area contributed by atoms with Crippen molar-refractivity contribution < 1.29 is 9.53 Å². The Morgan fingerprint density at radius 2 is 1.88 bits per heavy atom. The van der Waals surface area contributed by atoms with Crippen LogP contribution in [0.25, 0.3) is 0 Å². The summed E-state index contributed by atoms with van der Waals surface area (Å²) < 4.78 is 5.69. The molecule has 25 heavy (non-hydrogen) atoms. The fourth-order valence-electron chi connectivity index (χ4n) is 2.11. The molecule has 2 aromatic rings. The largest absolute Gasteiger partial charge is 0.494 e. The van der Waals surface area contributed by atoms with Gasteiger partial charge >= 0.3 is 0 Å². The summed E-state index contributed by atoms with van der Waals surface area (Å²) in [5.41, 5.74) is 2.51. The van der Waals surface area contributed by atoms with E-state index in [0.717, 1.165) is 17.7 Å². The molecule has 0 atom stereocenters. The minimum atomic E-state index is -0.265. The van der Waals surface area contributed by atoms with E-state index in [-0.39, 0.29) is 11.0 Å². The van der Waals surface area contributed by atoms with Gasteiger partial charge in [0, 0.05) is 11.3 Å². The summed E-state index contributed by atoms with van der Waals surface area (Å²) in [5.74, 6) is 1.00. The van der Waals surface area contributed by atoms with E-state index in [1.807, 2.05) is 37.3 Å². The highest BCUT2D eigenvalue weighted by molar-refractivity contribution is 7.80. The number of rotatable bonds is 6. The molecule has 0 saturated carbocycles. The molecule has 0 unspecified atom stereocenters. The van der Waals surface area contributed by atoms with E-state index in [0.29, 0.717) is 23.8 Å². The zero-order valence-electron chi connectivity index (χ0n) is 14.8. The number of carbonyl (C=O) groups is 1. The first-order chi connectivity index (χ1) is 11.9. The maximum Gasteiger partial charge on any atom is 0.257 e. The van der Waals surface area contributed by atoms with Gasteiger partial charge in [-0.15, -0.1) is 0 Å². The zero-order valence-corrected chi connectivity index (χ0v) is 15.7. The highest BCUT2D eigenvalue weighted by Crippen LogP contribution is 2.15. The first-order valence-corrected chi connectivity index (χ1v) is 8.76. The van der Waals surface area contributed by atoms with Crippen molar-refractivity contribution in [3.05, 3.63) is 59.7 Å². The van der Waals surface area contributed by atoms with E-state index in [2.05, 4.69) is 24.5 Å². The smallest absolute Gasteiger partial charge is 0.257 e. The van der Waals surface area contributed by atoms with Crippen molar-refractivity contribution in [2.75, 3.05) is 11.9 Å². The number of carbonyl (C=O) groups excluding carboxylic acids is 1. The van der Waals surface area contributed by atoms with Crippen LogP contribution in [0.3, 0.4) is 0 Å². The molecule has 0 spiro atoms. The number of hydrogen-bond acceptors (Lipinski definition) is 3. The Morgan fingerprint density at radius 3 is 2.56 bits per heavy atom. The van der Waals surface area contributed by atoms with E-state index in [1.165, 1.54) is 0 Å². The first-order valence-electron chi connectivity index (χ1n) is 8.36. The predicted molar refractivity (Wildman–Crippen MR) is 106 cm³/mol. The van der Waals surface area contributed by atoms with Crippen molar-refractivity contribution >= 4 is 28.9 Å². The third-order valence-electron chi connectivity index (χ3n) is 3.60. The predicted octanol–water partition coefficient (Wildman–Crippen LogP) is 4.55. The van der Waals surface area contributed by atoms with E-state index in [4.69, 9.17) is 17.0 Å². The summed E-state index contributed by atoms with van der Waals surface area (Å²) in [6, 6.07) is 14.9. The van der Waals surface area contributed by atoms with Gasteiger partial charge in [-0.2, -0.15) is 0 Å². The van der Waals surface area contributed by atoms with Gasteiger partial charge in [-0.1, -0.05) is 37.6 Å². The molecule has 0 aliphatic heterocycles. The molecule has 2 aromatic carbocycles. The lowest BCUT2D eigenvalue weighted by atomic mass is 10.1. The molecule has 5 heteroatoms. The van der Waals surface area contributed by atoms with Gasteiger partial charge < -0.3 is 10.1 Å². The fraction of sp³-hybridized carbons (Fsp3) is 0.300. The fourth-order valence-corrected chi connectivity index (χ4v) is 2.32. The molecule has 0 radical (unpaired) electrons. The van der Waals surface area contributed by atoms with Crippen LogP contribution in [0.2, 0.25) is 0 Å². The van der Waals surface area contributed by atoms with Crippen molar-refractivity contribution in [3.63, 3.8) is 0 Å². The summed E-state index contributed by atoms with van der Waals surface area (Å²) in [5, 5.41) is 5.95. The van der Waals surface area contributed by atoms with Crippen molar-refractivity contribution in [2.45, 2.75) is 27.2 Å². The van der Waals surface area contributed by atoms with Crippen LogP contribution in [0.4, 0.5) is 5.69 Å². The molecule has 0 saturated heterocycles. The molecular weight excluding hydrogens is 332 g/mol. The molecule has 0 fully saturated rings. The maximum absolute atomic E-state index is 12.3. The van der Waals surface area contributed by atoms with Crippen molar-refractivity contribution in [2.24, 2.45) is 5.92 Å². The van der Waals surface area contributed by atoms with E-state index in [1.54, 1.807) is 18.2 Å². The lowest BCUT2D eigenvalue weighted by Crippen LogP contribution is -2.34. The highest BCUT2D eigenvalue weighted by atomic mass is 32.1. The first kappa shape index (κ1) is 18.9. The second kappa shape index (κ2) is 9.18. The molecule has 2 N–H and O–H groups in total. The van der Waals surface area contributed by atoms with Gasteiger partial charge in [-0.25, -0.2) is 0 Å². The van der Waals surface area contributed by atoms with Gasteiger partial charge in [0.15, 0.2) is 5.11 Å². The molecule has 0 aromatic heterocycles. The SMILES string of the molecule is Cc1ccc(NC(=S)NC(=O)c2cccc(OCCC(C)C)c2)cc1. The summed E-state index contributed by atoms with van der Waals surface area (Å²) in [6.45, 7) is 6.95. The lowest BCUT2D eigenvalue weighted by Gasteiger charge is -2.11. The Morgan fingerprint density at radius 1 is 1.16 bits per heavy atom. The molecule has 0 aliphatic carbocycles. The highest BCUT2D eigenvalue weighted by Gasteiger charge is 2.09. The Labute approximate surface area is 154 Å². The Kier molecular flexibility index (Phi) is 6.95. The number of benzene rings is 2. The Hall–Kier alpha value is -2.40. The quantitative estimate of drug-likeness (QED) is 0.746. The van der Waals surface area contributed by atoms with Crippen LogP contribution in [0.15, 0.2) is 48.5 Å². The van der Waals surface area contributed by atoms with Gasteiger partial charge in [-0.05, 0) is 61.8 Å². The molecular formula is C20H24N2O2S. The Balaban J connectivity index is 1.91. The standard InChI is InChI=1S/C20H24N2O2S/c1-14(2)11-12-24-18-6-4-5-16(13-18)19(23)22-20(25)21-17-9-7-15(3)8-10-17/h4-10,13-14H,11-12H2,1-3H3,(H2,21,22,23,25). The van der Waals surface area contributed by atoms with Crippen LogP contribution in [0.1, 0.15) is 36.2 Å². The Bertz CT molecular complexity index is 727. The van der Waals surface area contributed by atoms with Crippen LogP contribution in [-0.2, 0) is 0 Å². The number of amides is 1. The van der Waals surface area contributed by atoms with Crippen molar-refractivity contribution in [3.8, 4) is 5.75 Å². The summed E-state index contributed by atoms with van der Waals surface area (Å²) >= 11 is 5.20. The number of ether oxygens (including phenoxy) is 1. The normalized spacial score (nSPS) is 10.4. The summed E-state index contributed by atoms with van der Waals surface area (Å²) in [4.78, 5) is 12.3. The molecule has 0 aliphatic rings. The van der Waals surface area contributed by atoms with Crippen LogP contribution in [0.5, 0.6) is 5.75 Å². The minimum absolute atomic E-state index is 0.264. The average molecular weight is 356 g/mol. The second-order valence-corrected chi connectivity index (χ2v) is 6.74. The van der Waals surface area contributed by atoms with Gasteiger partial charge in [0.25, 0.3) is 5.91 Å². The summed E-state index contributed by atoms with van der Waals surface area (Å²) in [6.07, 6.45) is 0.973. The third-order valence-corrected chi connectivity index (χ3v) is 3.80. The number of anilines is 1. The molecule has 132 valence electrons. The molecule has 0 bridgehead atoms. The molecule has 2 rings (SSSR count). The third kappa shape index (κ3) is 6.55. The van der Waals surface area contributed by atoms with E-state index in [9.17, 15) is 4.79 Å². The van der Waals surface area contributed by atoms with Crippen LogP contribution in [-0.4, -0.2) is 17.6 Å². The van der Waals surface area contributed by atoms with Gasteiger partial charge in [-0.3, -0.25) is 10.1 Å². The van der Waals surface area contributed by atoms with Crippen molar-refractivity contribution in [1.29, 1.82) is 0 Å². The zero-order chi connectivity index (χ0) is 18.2. The van der Waals surface area contributed by atoms with E-state index >= 15 is 0 Å². The molecule has 4 nitrogen and oxygen atoms in total. The minimum Gasteiger partial charge on any atom is -0.494 e. The topological polar surface area (TPSA) is 50.4 Å². The van der Waals surface area contributed by atoms with Gasteiger partial charge in [0.1, 0.15) is 5.75 Å². The number of hydrogen-bond donors (Lipinski definition) is 2. The number of aryl methyl sites for hydroxylation is 1. The summed E-state index contributed by atoms with van der Waals surface area (Å²) in [7, 11) is 0. The van der Waals surface area contributed by atoms with Gasteiger partial charge in [0.2, 0.25) is 0 Å². The lowest BCUT2D eigenvalue weighted by molar-refractivity contribution is 0.0977. The van der Waals surface area contributed by atoms with Crippen molar-refractivity contribution in [1.82, 2.24) is 5.32 Å². The number of thiocarbonyl (C=S) groups is 1.